The lowest BCUT2D eigenvalue weighted by atomic mass is 9.89. The van der Waals surface area contributed by atoms with Crippen LogP contribution in [-0.2, 0) is 4.74 Å². The number of methoxy groups -OCH3 is 1. The second-order valence-corrected chi connectivity index (χ2v) is 6.09. The molecule has 0 radical (unpaired) electrons. The maximum Gasteiger partial charge on any atom is 0.270 e. The fraction of sp³-hybridized carbons (Fsp3) is 0.278. The molecule has 2 aromatic rings. The fourth-order valence-electron chi connectivity index (χ4n) is 3.01. The summed E-state index contributed by atoms with van der Waals surface area (Å²) in [5.41, 5.74) is 0.768. The predicted molar refractivity (Wildman–Crippen MR) is 92.7 cm³/mol. The average Bonchev–Trinajstić information content (AvgIpc) is 2.57. The van der Waals surface area contributed by atoms with Crippen LogP contribution < -0.4 is 10.3 Å². The van der Waals surface area contributed by atoms with E-state index in [2.05, 4.69) is 0 Å². The van der Waals surface area contributed by atoms with E-state index in [0.29, 0.717) is 17.0 Å². The predicted octanol–water partition coefficient (Wildman–Crippen LogP) is 2.83. The highest BCUT2D eigenvalue weighted by atomic mass is 16.6. The first-order chi connectivity index (χ1) is 11.9. The van der Waals surface area contributed by atoms with Crippen molar-refractivity contribution in [1.29, 1.82) is 0 Å². The highest BCUT2D eigenvalue weighted by Gasteiger charge is 2.38. The van der Waals surface area contributed by atoms with Crippen LogP contribution in [0, 0.1) is 10.1 Å². The third-order valence-electron chi connectivity index (χ3n) is 4.40. The Hall–Kier alpha value is -2.93. The van der Waals surface area contributed by atoms with Gasteiger partial charge in [0.05, 0.1) is 17.2 Å². The minimum atomic E-state index is -0.789. The van der Waals surface area contributed by atoms with E-state index in [1.807, 2.05) is 13.8 Å². The Morgan fingerprint density at radius 1 is 1.32 bits per heavy atom. The summed E-state index contributed by atoms with van der Waals surface area (Å²) < 4.78 is 12.8. The molecule has 2 heterocycles. The molecule has 0 saturated carbocycles. The first kappa shape index (κ1) is 16.9. The van der Waals surface area contributed by atoms with Gasteiger partial charge in [0.2, 0.25) is 0 Å². The van der Waals surface area contributed by atoms with Gasteiger partial charge in [0.25, 0.3) is 11.2 Å². The maximum absolute atomic E-state index is 12.4. The molecule has 1 aromatic carbocycles. The number of rotatable bonds is 4. The molecule has 0 saturated heterocycles. The second-order valence-electron chi connectivity index (χ2n) is 6.09. The summed E-state index contributed by atoms with van der Waals surface area (Å²) in [5, 5.41) is 11.2. The zero-order valence-corrected chi connectivity index (χ0v) is 14.2. The van der Waals surface area contributed by atoms with Gasteiger partial charge in [0.15, 0.2) is 5.60 Å². The SMILES string of the molecule is COCC1(C)Oc2ccc([N+](=O)[O-])cc2C(n2ccccc2=O)=C1C. The molecule has 0 bridgehead atoms. The lowest BCUT2D eigenvalue weighted by Gasteiger charge is -2.38. The van der Waals surface area contributed by atoms with Crippen molar-refractivity contribution in [2.45, 2.75) is 19.4 Å². The highest BCUT2D eigenvalue weighted by Crippen LogP contribution is 2.42. The van der Waals surface area contributed by atoms with Crippen LogP contribution in [0.15, 0.2) is 53.0 Å². The Labute approximate surface area is 144 Å². The Morgan fingerprint density at radius 3 is 2.72 bits per heavy atom. The second kappa shape index (κ2) is 6.18. The normalized spacial score (nSPS) is 19.3. The number of fused-ring (bicyclic) bond motifs is 1. The van der Waals surface area contributed by atoms with Crippen molar-refractivity contribution in [2.24, 2.45) is 0 Å². The van der Waals surface area contributed by atoms with Crippen molar-refractivity contribution in [1.82, 2.24) is 4.57 Å². The number of ether oxygens (including phenoxy) is 2. The molecule has 0 amide bonds. The van der Waals surface area contributed by atoms with Crippen LogP contribution in [0.4, 0.5) is 5.69 Å². The largest absolute Gasteiger partial charge is 0.480 e. The summed E-state index contributed by atoms with van der Waals surface area (Å²) in [6.07, 6.45) is 1.64. The quantitative estimate of drug-likeness (QED) is 0.630. The van der Waals surface area contributed by atoms with E-state index >= 15 is 0 Å². The van der Waals surface area contributed by atoms with Crippen LogP contribution >= 0.6 is 0 Å². The van der Waals surface area contributed by atoms with E-state index in [0.717, 1.165) is 5.57 Å². The zero-order chi connectivity index (χ0) is 18.2. The molecule has 1 aliphatic heterocycles. The number of nitro benzene ring substituents is 1. The number of pyridine rings is 1. The molecular weight excluding hydrogens is 324 g/mol. The number of aromatic nitrogens is 1. The van der Waals surface area contributed by atoms with Crippen LogP contribution in [0.25, 0.3) is 5.70 Å². The van der Waals surface area contributed by atoms with Crippen molar-refractivity contribution in [3.8, 4) is 5.75 Å². The van der Waals surface area contributed by atoms with E-state index in [9.17, 15) is 14.9 Å². The van der Waals surface area contributed by atoms with Crippen molar-refractivity contribution >= 4 is 11.4 Å². The van der Waals surface area contributed by atoms with Gasteiger partial charge in [-0.25, -0.2) is 0 Å². The highest BCUT2D eigenvalue weighted by molar-refractivity contribution is 5.77. The van der Waals surface area contributed by atoms with Gasteiger partial charge in [-0.3, -0.25) is 19.5 Å². The summed E-state index contributed by atoms with van der Waals surface area (Å²) in [7, 11) is 1.57. The minimum absolute atomic E-state index is 0.0630. The Bertz CT molecular complexity index is 931. The Morgan fingerprint density at radius 2 is 2.08 bits per heavy atom. The van der Waals surface area contributed by atoms with Gasteiger partial charge in [-0.1, -0.05) is 6.07 Å². The van der Waals surface area contributed by atoms with E-state index < -0.39 is 10.5 Å². The lowest BCUT2D eigenvalue weighted by molar-refractivity contribution is -0.384. The van der Waals surface area contributed by atoms with Crippen LogP contribution in [-0.4, -0.2) is 28.8 Å². The molecule has 1 aromatic heterocycles. The van der Waals surface area contributed by atoms with E-state index in [-0.39, 0.29) is 17.9 Å². The van der Waals surface area contributed by atoms with E-state index in [4.69, 9.17) is 9.47 Å². The first-order valence-corrected chi connectivity index (χ1v) is 7.73. The summed E-state index contributed by atoms with van der Waals surface area (Å²) in [6.45, 7) is 3.99. The number of nitrogens with zero attached hydrogens (tertiary/aromatic N) is 2. The third kappa shape index (κ3) is 2.83. The van der Waals surface area contributed by atoms with Gasteiger partial charge in [0.1, 0.15) is 5.75 Å². The third-order valence-corrected chi connectivity index (χ3v) is 4.40. The molecule has 7 heteroatoms. The molecule has 0 aliphatic carbocycles. The zero-order valence-electron chi connectivity index (χ0n) is 14.2. The molecule has 0 spiro atoms. The van der Waals surface area contributed by atoms with Gasteiger partial charge in [-0.15, -0.1) is 0 Å². The van der Waals surface area contributed by atoms with E-state index in [1.54, 1.807) is 31.5 Å². The summed E-state index contributed by atoms with van der Waals surface area (Å²) in [5.74, 6) is 0.474. The molecule has 0 N–H and O–H groups in total. The Balaban J connectivity index is 2.33. The molecule has 0 fully saturated rings. The lowest BCUT2D eigenvalue weighted by Crippen LogP contribution is -2.43. The molecule has 130 valence electrons. The molecule has 3 rings (SSSR count). The molecule has 1 aliphatic rings. The smallest absolute Gasteiger partial charge is 0.270 e. The van der Waals surface area contributed by atoms with Crippen molar-refractivity contribution in [2.75, 3.05) is 13.7 Å². The summed E-state index contributed by atoms with van der Waals surface area (Å²) in [6, 6.07) is 9.21. The van der Waals surface area contributed by atoms with Crippen LogP contribution in [0.2, 0.25) is 0 Å². The van der Waals surface area contributed by atoms with Gasteiger partial charge in [-0.05, 0) is 31.6 Å². The Kier molecular flexibility index (Phi) is 4.18. The molecule has 25 heavy (non-hydrogen) atoms. The monoisotopic (exact) mass is 342 g/mol. The van der Waals surface area contributed by atoms with Crippen molar-refractivity contribution in [3.63, 3.8) is 0 Å². The molecular formula is C18H18N2O5. The number of non-ortho nitro benzene ring substituents is 1. The van der Waals surface area contributed by atoms with Crippen LogP contribution in [0.1, 0.15) is 19.4 Å². The topological polar surface area (TPSA) is 83.6 Å². The van der Waals surface area contributed by atoms with Crippen LogP contribution in [0.5, 0.6) is 5.75 Å². The molecule has 1 atom stereocenters. The number of hydrogen-bond acceptors (Lipinski definition) is 5. The van der Waals surface area contributed by atoms with Crippen molar-refractivity contribution in [3.05, 3.63) is 74.2 Å². The van der Waals surface area contributed by atoms with Gasteiger partial charge in [0, 0.05) is 37.1 Å². The van der Waals surface area contributed by atoms with Gasteiger partial charge in [-0.2, -0.15) is 0 Å². The molecule has 1 unspecified atom stereocenters. The number of nitro groups is 1. The summed E-state index contributed by atoms with van der Waals surface area (Å²) >= 11 is 0. The van der Waals surface area contributed by atoms with Gasteiger partial charge >= 0.3 is 0 Å². The minimum Gasteiger partial charge on any atom is -0.480 e. The first-order valence-electron chi connectivity index (χ1n) is 7.73. The summed E-state index contributed by atoms with van der Waals surface area (Å²) in [4.78, 5) is 23.1. The maximum atomic E-state index is 12.4. The van der Waals surface area contributed by atoms with Crippen LogP contribution in [0.3, 0.4) is 0 Å². The standard InChI is InChI=1S/C18H18N2O5/c1-12-17(19-9-5-4-6-16(19)21)14-10-13(20(22)23)7-8-15(14)25-18(12,2)11-24-3/h4-10H,11H2,1-3H3. The van der Waals surface area contributed by atoms with E-state index in [1.165, 1.54) is 22.8 Å². The number of benzene rings is 1. The van der Waals surface area contributed by atoms with Crippen molar-refractivity contribution < 1.29 is 14.4 Å². The van der Waals surface area contributed by atoms with Gasteiger partial charge < -0.3 is 9.47 Å². The fourth-order valence-corrected chi connectivity index (χ4v) is 3.01. The number of hydrogen-bond donors (Lipinski definition) is 0. The molecule has 7 nitrogen and oxygen atoms in total. The average molecular weight is 342 g/mol.